The van der Waals surface area contributed by atoms with Gasteiger partial charge in [-0.25, -0.2) is 0 Å². The Morgan fingerprint density at radius 3 is 2.26 bits per heavy atom. The van der Waals surface area contributed by atoms with E-state index in [9.17, 15) is 22.8 Å². The highest BCUT2D eigenvalue weighted by Gasteiger charge is 2.32. The number of piperazine rings is 1. The Morgan fingerprint density at radius 2 is 1.68 bits per heavy atom. The first kappa shape index (κ1) is 22.6. The monoisotopic (exact) mass is 439 g/mol. The quantitative estimate of drug-likeness (QED) is 0.692. The van der Waals surface area contributed by atoms with Crippen molar-refractivity contribution in [3.63, 3.8) is 0 Å². The van der Waals surface area contributed by atoms with Crippen LogP contribution in [-0.2, 0) is 22.4 Å². The number of aryl methyl sites for hydroxylation is 3. The Morgan fingerprint density at radius 1 is 1.06 bits per heavy atom. The molecule has 0 N–H and O–H groups in total. The number of para-hydroxylation sites is 1. The predicted octanol–water partition coefficient (Wildman–Crippen LogP) is 3.04. The summed E-state index contributed by atoms with van der Waals surface area (Å²) in [5, 5.41) is 3.85. The molecular weight excluding hydrogens is 415 g/mol. The summed E-state index contributed by atoms with van der Waals surface area (Å²) in [4.78, 5) is 28.4. The Kier molecular flexibility index (Phi) is 6.87. The van der Waals surface area contributed by atoms with E-state index in [0.29, 0.717) is 43.2 Å². The molecule has 1 aromatic carbocycles. The normalized spacial score (nSPS) is 14.6. The lowest BCUT2D eigenvalue weighted by atomic mass is 10.1. The molecule has 0 radical (unpaired) electrons. The van der Waals surface area contributed by atoms with E-state index in [4.69, 9.17) is 4.52 Å². The first-order valence-corrected chi connectivity index (χ1v) is 9.95. The highest BCUT2D eigenvalue weighted by molar-refractivity contribution is 5.80. The number of carbonyl (C=O) groups is 2. The zero-order valence-electron chi connectivity index (χ0n) is 17.4. The van der Waals surface area contributed by atoms with Crippen LogP contribution in [-0.4, -0.2) is 59.3 Å². The standard InChI is InChI=1S/C21H24F3N3O4/c1-14-17(15(2)31-25-14)13-20(29)27-11-9-26(10-12-27)19(28)8-7-16-5-3-4-6-18(16)30-21(22,23)24/h3-6H,7-13H2,1-2H3. The van der Waals surface area contributed by atoms with Crippen molar-refractivity contribution >= 4 is 11.8 Å². The molecule has 10 heteroatoms. The van der Waals surface area contributed by atoms with Crippen molar-refractivity contribution < 1.29 is 32.0 Å². The Bertz CT molecular complexity index is 915. The Hall–Kier alpha value is -3.04. The van der Waals surface area contributed by atoms with Gasteiger partial charge in [-0.1, -0.05) is 23.4 Å². The van der Waals surface area contributed by atoms with E-state index < -0.39 is 6.36 Å². The number of benzene rings is 1. The van der Waals surface area contributed by atoms with Gasteiger partial charge < -0.3 is 19.1 Å². The molecule has 1 aliphatic rings. The zero-order valence-corrected chi connectivity index (χ0v) is 17.4. The molecule has 1 saturated heterocycles. The molecule has 7 nitrogen and oxygen atoms in total. The Labute approximate surface area is 177 Å². The molecule has 0 atom stereocenters. The van der Waals surface area contributed by atoms with Crippen LogP contribution < -0.4 is 4.74 Å². The predicted molar refractivity (Wildman–Crippen MR) is 104 cm³/mol. The molecule has 2 heterocycles. The average molecular weight is 439 g/mol. The van der Waals surface area contributed by atoms with Gasteiger partial charge in [-0.05, 0) is 31.9 Å². The SMILES string of the molecule is Cc1noc(C)c1CC(=O)N1CCN(C(=O)CCc2ccccc2OC(F)(F)F)CC1. The lowest BCUT2D eigenvalue weighted by Gasteiger charge is -2.35. The van der Waals surface area contributed by atoms with Crippen molar-refractivity contribution in [1.29, 1.82) is 0 Å². The number of halogens is 3. The lowest BCUT2D eigenvalue weighted by Crippen LogP contribution is -2.51. The van der Waals surface area contributed by atoms with Gasteiger partial charge in [0.25, 0.3) is 0 Å². The molecule has 0 bridgehead atoms. The van der Waals surface area contributed by atoms with Gasteiger partial charge in [0.2, 0.25) is 11.8 Å². The van der Waals surface area contributed by atoms with Crippen molar-refractivity contribution in [2.75, 3.05) is 26.2 Å². The number of aromatic nitrogens is 1. The number of hydrogen-bond acceptors (Lipinski definition) is 5. The van der Waals surface area contributed by atoms with Gasteiger partial charge in [-0.15, -0.1) is 13.2 Å². The summed E-state index contributed by atoms with van der Waals surface area (Å²) in [6.07, 6.45) is -4.39. The van der Waals surface area contributed by atoms with E-state index in [1.165, 1.54) is 18.2 Å². The van der Waals surface area contributed by atoms with Gasteiger partial charge >= 0.3 is 6.36 Å². The number of rotatable bonds is 6. The second kappa shape index (κ2) is 9.40. The summed E-state index contributed by atoms with van der Waals surface area (Å²) >= 11 is 0. The number of nitrogens with zero attached hydrogens (tertiary/aromatic N) is 3. The molecule has 1 aromatic heterocycles. The number of carbonyl (C=O) groups excluding carboxylic acids is 2. The smallest absolute Gasteiger partial charge is 0.406 e. The largest absolute Gasteiger partial charge is 0.573 e. The zero-order chi connectivity index (χ0) is 22.6. The third-order valence-corrected chi connectivity index (χ3v) is 5.30. The van der Waals surface area contributed by atoms with Crippen LogP contribution in [0.3, 0.4) is 0 Å². The minimum absolute atomic E-state index is 0.0558. The van der Waals surface area contributed by atoms with E-state index in [-0.39, 0.29) is 36.8 Å². The van der Waals surface area contributed by atoms with Crippen LogP contribution in [0.5, 0.6) is 5.75 Å². The summed E-state index contributed by atoms with van der Waals surface area (Å²) in [7, 11) is 0. The van der Waals surface area contributed by atoms with E-state index in [0.717, 1.165) is 5.56 Å². The summed E-state index contributed by atoms with van der Waals surface area (Å²) in [6, 6.07) is 5.80. The third-order valence-electron chi connectivity index (χ3n) is 5.30. The van der Waals surface area contributed by atoms with Crippen molar-refractivity contribution in [2.45, 2.75) is 39.5 Å². The van der Waals surface area contributed by atoms with Crippen LogP contribution in [0.2, 0.25) is 0 Å². The topological polar surface area (TPSA) is 75.9 Å². The molecule has 0 spiro atoms. The molecule has 1 aliphatic heterocycles. The molecule has 2 aromatic rings. The first-order valence-electron chi connectivity index (χ1n) is 9.95. The van der Waals surface area contributed by atoms with E-state index in [1.54, 1.807) is 29.7 Å². The highest BCUT2D eigenvalue weighted by atomic mass is 19.4. The van der Waals surface area contributed by atoms with Gasteiger partial charge in [0, 0.05) is 38.2 Å². The Balaban J connectivity index is 1.49. The van der Waals surface area contributed by atoms with Gasteiger partial charge in [0.05, 0.1) is 12.1 Å². The molecule has 0 unspecified atom stereocenters. The first-order chi connectivity index (χ1) is 14.6. The average Bonchev–Trinajstić information content (AvgIpc) is 3.04. The van der Waals surface area contributed by atoms with Gasteiger partial charge in [0.15, 0.2) is 0 Å². The van der Waals surface area contributed by atoms with Gasteiger partial charge in [-0.3, -0.25) is 9.59 Å². The summed E-state index contributed by atoms with van der Waals surface area (Å²) in [6.45, 7) is 5.12. The fourth-order valence-corrected chi connectivity index (χ4v) is 3.56. The fourth-order valence-electron chi connectivity index (χ4n) is 3.56. The number of alkyl halides is 3. The molecule has 2 amide bonds. The molecule has 1 fully saturated rings. The van der Waals surface area contributed by atoms with Gasteiger partial charge in [0.1, 0.15) is 11.5 Å². The maximum Gasteiger partial charge on any atom is 0.573 e. The van der Waals surface area contributed by atoms with E-state index in [2.05, 4.69) is 9.89 Å². The van der Waals surface area contributed by atoms with Crippen LogP contribution in [0.4, 0.5) is 13.2 Å². The van der Waals surface area contributed by atoms with Crippen LogP contribution in [0.15, 0.2) is 28.8 Å². The fraction of sp³-hybridized carbons (Fsp3) is 0.476. The number of hydrogen-bond donors (Lipinski definition) is 0. The van der Waals surface area contributed by atoms with Crippen molar-refractivity contribution in [1.82, 2.24) is 15.0 Å². The highest BCUT2D eigenvalue weighted by Crippen LogP contribution is 2.27. The van der Waals surface area contributed by atoms with Crippen LogP contribution in [0.1, 0.15) is 29.0 Å². The molecule has 168 valence electrons. The number of amides is 2. The summed E-state index contributed by atoms with van der Waals surface area (Å²) in [5.41, 5.74) is 1.79. The summed E-state index contributed by atoms with van der Waals surface area (Å²) in [5.74, 6) is 0.103. The maximum absolute atomic E-state index is 12.6. The van der Waals surface area contributed by atoms with E-state index >= 15 is 0 Å². The minimum Gasteiger partial charge on any atom is -0.406 e. The van der Waals surface area contributed by atoms with Crippen LogP contribution in [0, 0.1) is 13.8 Å². The lowest BCUT2D eigenvalue weighted by molar-refractivity contribution is -0.274. The second-order valence-electron chi connectivity index (χ2n) is 7.40. The van der Waals surface area contributed by atoms with Crippen molar-refractivity contribution in [2.24, 2.45) is 0 Å². The molecular formula is C21H24F3N3O4. The minimum atomic E-state index is -4.79. The van der Waals surface area contributed by atoms with Crippen LogP contribution >= 0.6 is 0 Å². The van der Waals surface area contributed by atoms with Crippen LogP contribution in [0.25, 0.3) is 0 Å². The molecule has 3 rings (SSSR count). The number of ether oxygens (including phenoxy) is 1. The molecule has 0 aliphatic carbocycles. The molecule has 31 heavy (non-hydrogen) atoms. The van der Waals surface area contributed by atoms with Gasteiger partial charge in [-0.2, -0.15) is 0 Å². The molecule has 0 saturated carbocycles. The van der Waals surface area contributed by atoms with E-state index in [1.807, 2.05) is 0 Å². The third kappa shape index (κ3) is 5.99. The maximum atomic E-state index is 12.6. The second-order valence-corrected chi connectivity index (χ2v) is 7.40. The van der Waals surface area contributed by atoms with Crippen molar-refractivity contribution in [3.8, 4) is 5.75 Å². The summed E-state index contributed by atoms with van der Waals surface area (Å²) < 4.78 is 46.7. The van der Waals surface area contributed by atoms with Crippen molar-refractivity contribution in [3.05, 3.63) is 46.8 Å².